The molecule has 1 atom stereocenters. The molecule has 1 amide bonds. The van der Waals surface area contributed by atoms with Crippen LogP contribution in [-0.4, -0.2) is 23.9 Å². The Bertz CT molecular complexity index is 1450. The topological polar surface area (TPSA) is 66.8 Å². The first-order chi connectivity index (χ1) is 18.6. The number of nitrogens with zero attached hydrogens (tertiary/aromatic N) is 1. The van der Waals surface area contributed by atoms with E-state index in [1.807, 2.05) is 68.4 Å². The lowest BCUT2D eigenvalue weighted by Gasteiger charge is -2.27. The van der Waals surface area contributed by atoms with Crippen molar-refractivity contribution in [3.63, 3.8) is 0 Å². The Hall–Kier alpha value is -3.86. The molecule has 1 saturated heterocycles. The van der Waals surface area contributed by atoms with Crippen molar-refractivity contribution in [3.8, 4) is 5.75 Å². The third kappa shape index (κ3) is 5.42. The smallest absolute Gasteiger partial charge is 0.300 e. The van der Waals surface area contributed by atoms with Crippen molar-refractivity contribution in [2.45, 2.75) is 78.2 Å². The fraction of sp³-hybridized carbons (Fsp3) is 0.371. The van der Waals surface area contributed by atoms with Crippen molar-refractivity contribution in [1.29, 1.82) is 0 Å². The second kappa shape index (κ2) is 10.6. The van der Waals surface area contributed by atoms with Gasteiger partial charge in [-0.15, -0.1) is 0 Å². The highest BCUT2D eigenvalue weighted by atomic mass is 16.5. The van der Waals surface area contributed by atoms with Crippen LogP contribution in [0, 0.1) is 0 Å². The molecular weight excluding hydrogens is 498 g/mol. The lowest BCUT2D eigenvalue weighted by Crippen LogP contribution is -2.29. The standard InChI is InChI=1S/C35H41NO4/c1-21(2)27-20-23(12-19-28(27)40-9)31(37)29-30(22-10-13-24(14-11-22)34(3,4)5)36(33(39)32(29)38)26-17-15-25(16-18-26)35(6,7)8/h10-21,30,37H,1-9H3/b31-29-. The molecule has 1 unspecified atom stereocenters. The number of aliphatic hydroxyl groups is 1. The van der Waals surface area contributed by atoms with Crippen molar-refractivity contribution in [2.24, 2.45) is 0 Å². The number of hydrogen-bond donors (Lipinski definition) is 1. The van der Waals surface area contributed by atoms with Crippen molar-refractivity contribution < 1.29 is 19.4 Å². The molecule has 5 heteroatoms. The summed E-state index contributed by atoms with van der Waals surface area (Å²) in [4.78, 5) is 28.8. The van der Waals surface area contributed by atoms with E-state index in [0.29, 0.717) is 17.0 Å². The Morgan fingerprint density at radius 1 is 0.825 bits per heavy atom. The van der Waals surface area contributed by atoms with E-state index in [1.165, 1.54) is 4.90 Å². The van der Waals surface area contributed by atoms with E-state index in [2.05, 4.69) is 41.5 Å². The fourth-order valence-corrected chi connectivity index (χ4v) is 5.19. The van der Waals surface area contributed by atoms with Gasteiger partial charge >= 0.3 is 0 Å². The summed E-state index contributed by atoms with van der Waals surface area (Å²) in [5.74, 6) is -0.717. The average molecular weight is 540 g/mol. The number of anilines is 1. The van der Waals surface area contributed by atoms with Crippen LogP contribution in [0.3, 0.4) is 0 Å². The minimum Gasteiger partial charge on any atom is -0.507 e. The van der Waals surface area contributed by atoms with Gasteiger partial charge in [0.05, 0.1) is 18.7 Å². The number of amides is 1. The zero-order valence-corrected chi connectivity index (χ0v) is 25.1. The third-order valence-electron chi connectivity index (χ3n) is 7.67. The van der Waals surface area contributed by atoms with Gasteiger partial charge in [-0.25, -0.2) is 0 Å². The molecule has 0 aliphatic carbocycles. The molecule has 5 nitrogen and oxygen atoms in total. The van der Waals surface area contributed by atoms with Gasteiger partial charge in [-0.1, -0.05) is 91.8 Å². The lowest BCUT2D eigenvalue weighted by molar-refractivity contribution is -0.132. The van der Waals surface area contributed by atoms with Crippen LogP contribution in [0.1, 0.15) is 95.2 Å². The quantitative estimate of drug-likeness (QED) is 0.202. The van der Waals surface area contributed by atoms with Crippen LogP contribution in [0.2, 0.25) is 0 Å². The highest BCUT2D eigenvalue weighted by molar-refractivity contribution is 6.51. The summed E-state index contributed by atoms with van der Waals surface area (Å²) in [7, 11) is 1.61. The van der Waals surface area contributed by atoms with Gasteiger partial charge in [0.25, 0.3) is 11.7 Å². The number of ether oxygens (including phenoxy) is 1. The molecule has 1 aliphatic rings. The van der Waals surface area contributed by atoms with E-state index in [-0.39, 0.29) is 28.1 Å². The van der Waals surface area contributed by atoms with Crippen molar-refractivity contribution in [2.75, 3.05) is 12.0 Å². The van der Waals surface area contributed by atoms with Crippen LogP contribution in [-0.2, 0) is 20.4 Å². The average Bonchev–Trinajstić information content (AvgIpc) is 3.17. The molecule has 0 radical (unpaired) electrons. The summed E-state index contributed by atoms with van der Waals surface area (Å²) in [5.41, 5.74) is 4.97. The highest BCUT2D eigenvalue weighted by Crippen LogP contribution is 2.43. The van der Waals surface area contributed by atoms with E-state index in [0.717, 1.165) is 22.3 Å². The number of carbonyl (C=O) groups is 2. The zero-order valence-electron chi connectivity index (χ0n) is 25.1. The van der Waals surface area contributed by atoms with Gasteiger partial charge in [-0.3, -0.25) is 14.5 Å². The Balaban J connectivity index is 1.93. The first kappa shape index (κ1) is 29.1. The van der Waals surface area contributed by atoms with Crippen LogP contribution in [0.25, 0.3) is 5.76 Å². The number of carbonyl (C=O) groups excluding carboxylic acids is 2. The lowest BCUT2D eigenvalue weighted by atomic mass is 9.85. The number of aliphatic hydroxyl groups excluding tert-OH is 1. The van der Waals surface area contributed by atoms with Crippen LogP contribution < -0.4 is 9.64 Å². The molecule has 1 N–H and O–H groups in total. The van der Waals surface area contributed by atoms with E-state index in [1.54, 1.807) is 19.2 Å². The third-order valence-corrected chi connectivity index (χ3v) is 7.67. The first-order valence-electron chi connectivity index (χ1n) is 13.9. The maximum atomic E-state index is 13.6. The van der Waals surface area contributed by atoms with Gasteiger partial charge in [0, 0.05) is 11.3 Å². The van der Waals surface area contributed by atoms with E-state index >= 15 is 0 Å². The zero-order chi connectivity index (χ0) is 29.6. The molecule has 3 aromatic rings. The Labute approximate surface area is 238 Å². The van der Waals surface area contributed by atoms with Gasteiger partial charge < -0.3 is 9.84 Å². The molecule has 0 saturated carbocycles. The largest absolute Gasteiger partial charge is 0.507 e. The van der Waals surface area contributed by atoms with E-state index < -0.39 is 17.7 Å². The van der Waals surface area contributed by atoms with Crippen molar-refractivity contribution in [1.82, 2.24) is 0 Å². The number of rotatable bonds is 5. The normalized spacial score (nSPS) is 17.6. The van der Waals surface area contributed by atoms with Gasteiger partial charge in [0.2, 0.25) is 0 Å². The van der Waals surface area contributed by atoms with Gasteiger partial charge in [0.1, 0.15) is 11.5 Å². The molecule has 1 heterocycles. The number of benzene rings is 3. The van der Waals surface area contributed by atoms with E-state index in [9.17, 15) is 14.7 Å². The Morgan fingerprint density at radius 2 is 1.35 bits per heavy atom. The summed E-state index contributed by atoms with van der Waals surface area (Å²) < 4.78 is 5.52. The minimum atomic E-state index is -0.779. The predicted octanol–water partition coefficient (Wildman–Crippen LogP) is 8.04. The molecule has 40 heavy (non-hydrogen) atoms. The fourth-order valence-electron chi connectivity index (χ4n) is 5.19. The summed E-state index contributed by atoms with van der Waals surface area (Å²) >= 11 is 0. The monoisotopic (exact) mass is 539 g/mol. The molecule has 0 spiro atoms. The summed E-state index contributed by atoms with van der Waals surface area (Å²) in [6.45, 7) is 16.9. The summed E-state index contributed by atoms with van der Waals surface area (Å²) in [5, 5.41) is 11.6. The van der Waals surface area contributed by atoms with Gasteiger partial charge in [0.15, 0.2) is 0 Å². The molecule has 0 bridgehead atoms. The van der Waals surface area contributed by atoms with Crippen LogP contribution in [0.4, 0.5) is 5.69 Å². The van der Waals surface area contributed by atoms with Gasteiger partial charge in [-0.2, -0.15) is 0 Å². The Kier molecular flexibility index (Phi) is 7.72. The number of hydrogen-bond acceptors (Lipinski definition) is 4. The van der Waals surface area contributed by atoms with Crippen molar-refractivity contribution >= 4 is 23.1 Å². The van der Waals surface area contributed by atoms with Crippen LogP contribution in [0.15, 0.2) is 72.3 Å². The summed E-state index contributed by atoms with van der Waals surface area (Å²) in [6.07, 6.45) is 0. The molecule has 4 rings (SSSR count). The summed E-state index contributed by atoms with van der Waals surface area (Å²) in [6, 6.07) is 20.3. The number of Topliss-reactive ketones (excluding diaryl/α,β-unsaturated/α-hetero) is 1. The van der Waals surface area contributed by atoms with Crippen LogP contribution in [0.5, 0.6) is 5.75 Å². The Morgan fingerprint density at radius 3 is 1.82 bits per heavy atom. The molecule has 210 valence electrons. The molecular formula is C35H41NO4. The van der Waals surface area contributed by atoms with Gasteiger partial charge in [-0.05, 0) is 69.3 Å². The molecule has 3 aromatic carbocycles. The first-order valence-corrected chi connectivity index (χ1v) is 13.9. The number of ketones is 1. The SMILES string of the molecule is COc1ccc(/C(O)=C2/C(=O)C(=O)N(c3ccc(C(C)(C)C)cc3)C2c2ccc(C(C)(C)C)cc2)cc1C(C)C. The van der Waals surface area contributed by atoms with E-state index in [4.69, 9.17) is 4.74 Å². The molecule has 1 fully saturated rings. The molecule has 1 aliphatic heterocycles. The minimum absolute atomic E-state index is 0.0561. The highest BCUT2D eigenvalue weighted by Gasteiger charge is 2.47. The maximum Gasteiger partial charge on any atom is 0.300 e. The number of methoxy groups -OCH3 is 1. The predicted molar refractivity (Wildman–Crippen MR) is 162 cm³/mol. The van der Waals surface area contributed by atoms with Crippen molar-refractivity contribution in [3.05, 3.63) is 100 Å². The second-order valence-electron chi connectivity index (χ2n) is 12.9. The second-order valence-corrected chi connectivity index (χ2v) is 12.9. The molecule has 0 aromatic heterocycles. The maximum absolute atomic E-state index is 13.6. The van der Waals surface area contributed by atoms with Crippen LogP contribution >= 0.6 is 0 Å².